The van der Waals surface area contributed by atoms with Crippen LogP contribution in [0.5, 0.6) is 5.75 Å². The molecule has 0 aliphatic carbocycles. The zero-order chi connectivity index (χ0) is 25.2. The van der Waals surface area contributed by atoms with Crippen molar-refractivity contribution in [2.45, 2.75) is 12.2 Å². The minimum absolute atomic E-state index is 0.0144. The van der Waals surface area contributed by atoms with Crippen LogP contribution in [0.2, 0.25) is 0 Å². The van der Waals surface area contributed by atoms with Gasteiger partial charge in [-0.3, -0.25) is 4.79 Å². The molecule has 0 bridgehead atoms. The van der Waals surface area contributed by atoms with Crippen molar-refractivity contribution in [1.82, 2.24) is 9.97 Å². The van der Waals surface area contributed by atoms with E-state index in [1.165, 1.54) is 18.2 Å². The number of ether oxygens (including phenoxy) is 1. The van der Waals surface area contributed by atoms with Crippen molar-refractivity contribution in [2.75, 3.05) is 18.5 Å². The van der Waals surface area contributed by atoms with Gasteiger partial charge in [-0.2, -0.15) is 13.2 Å². The van der Waals surface area contributed by atoms with E-state index in [1.54, 1.807) is 24.3 Å². The number of aldehydes is 1. The number of carbonyl (C=O) groups is 2. The van der Waals surface area contributed by atoms with Gasteiger partial charge in [0.15, 0.2) is 5.82 Å². The number of fused-ring (bicyclic) bond motifs is 1. The van der Waals surface area contributed by atoms with Gasteiger partial charge in [-0.1, -0.05) is 18.2 Å². The summed E-state index contributed by atoms with van der Waals surface area (Å²) in [6.45, 7) is 0.222. The van der Waals surface area contributed by atoms with Gasteiger partial charge in [-0.25, -0.2) is 9.97 Å². The summed E-state index contributed by atoms with van der Waals surface area (Å²) in [5.74, 6) is 0.0295. The smallest absolute Gasteiger partial charge is 0.416 e. The molecule has 1 aliphatic rings. The fraction of sp³-hybridized carbons (Fsp3) is 0.167. The van der Waals surface area contributed by atoms with Crippen molar-refractivity contribution in [2.24, 2.45) is 11.5 Å². The lowest BCUT2D eigenvalue weighted by atomic mass is 9.93. The highest BCUT2D eigenvalue weighted by Crippen LogP contribution is 2.38. The number of carbonyl (C=O) groups excluding carboxylic acids is 2. The maximum Gasteiger partial charge on any atom is 0.416 e. The van der Waals surface area contributed by atoms with E-state index in [0.29, 0.717) is 28.7 Å². The quantitative estimate of drug-likeness (QED) is 0.440. The predicted octanol–water partition coefficient (Wildman–Crippen LogP) is 3.02. The van der Waals surface area contributed by atoms with Crippen molar-refractivity contribution in [3.8, 4) is 17.1 Å². The Morgan fingerprint density at radius 1 is 1.11 bits per heavy atom. The third-order valence-electron chi connectivity index (χ3n) is 5.31. The van der Waals surface area contributed by atoms with Gasteiger partial charge in [0.2, 0.25) is 0 Å². The molecule has 180 valence electrons. The number of alkyl halides is 3. The van der Waals surface area contributed by atoms with Crippen molar-refractivity contribution in [3.63, 3.8) is 0 Å². The van der Waals surface area contributed by atoms with Crippen LogP contribution < -0.4 is 21.5 Å². The highest BCUT2D eigenvalue weighted by atomic mass is 19.4. The standard InChI is InChI=1S/C24H20F3N5O3/c25-24(26,27)15-4-1-13(2-5-15)17-7-8-35-20-9-14(3-6-18(17)20)23-31-19(22(29)34)10-21(32-23)30-16(11-28)12-33/h1-7,9-10,12,16H,8,11,28H2,(H2,29,34)(H,30,31,32)/t16-/m0/s1. The van der Waals surface area contributed by atoms with E-state index in [9.17, 15) is 22.8 Å². The number of halogens is 3. The van der Waals surface area contributed by atoms with Gasteiger partial charge in [0.1, 0.15) is 30.2 Å². The maximum atomic E-state index is 12.9. The van der Waals surface area contributed by atoms with E-state index in [0.717, 1.165) is 17.7 Å². The molecule has 2 aromatic carbocycles. The third-order valence-corrected chi connectivity index (χ3v) is 5.31. The van der Waals surface area contributed by atoms with Crippen LogP contribution in [-0.2, 0) is 11.0 Å². The van der Waals surface area contributed by atoms with E-state index in [1.807, 2.05) is 0 Å². The van der Waals surface area contributed by atoms with Gasteiger partial charge in [0.25, 0.3) is 5.91 Å². The Bertz CT molecular complexity index is 1310. The first-order chi connectivity index (χ1) is 16.7. The number of anilines is 1. The normalized spacial score (nSPS) is 13.8. The minimum atomic E-state index is -4.42. The van der Waals surface area contributed by atoms with Crippen LogP contribution in [0.25, 0.3) is 17.0 Å². The first-order valence-electron chi connectivity index (χ1n) is 10.5. The number of nitrogens with two attached hydrogens (primary N) is 2. The molecule has 1 aromatic heterocycles. The first kappa shape index (κ1) is 23.9. The molecule has 0 radical (unpaired) electrons. The highest BCUT2D eigenvalue weighted by Gasteiger charge is 2.30. The lowest BCUT2D eigenvalue weighted by Gasteiger charge is -2.20. The van der Waals surface area contributed by atoms with E-state index in [-0.39, 0.29) is 30.5 Å². The number of aromatic nitrogens is 2. The summed E-state index contributed by atoms with van der Waals surface area (Å²) < 4.78 is 44.5. The van der Waals surface area contributed by atoms with E-state index in [2.05, 4.69) is 15.3 Å². The van der Waals surface area contributed by atoms with Crippen LogP contribution in [0.4, 0.5) is 19.0 Å². The molecular weight excluding hydrogens is 463 g/mol. The molecule has 35 heavy (non-hydrogen) atoms. The molecule has 2 heterocycles. The Morgan fingerprint density at radius 3 is 2.46 bits per heavy atom. The van der Waals surface area contributed by atoms with Crippen molar-refractivity contribution in [3.05, 3.63) is 77.0 Å². The highest BCUT2D eigenvalue weighted by molar-refractivity contribution is 5.92. The SMILES string of the molecule is NC[C@@H](C=O)Nc1cc(C(N)=O)nc(-c2ccc3c(c2)OCC=C3c2ccc(C(F)(F)F)cc2)n1. The largest absolute Gasteiger partial charge is 0.489 e. The number of hydrogen-bond donors (Lipinski definition) is 3. The van der Waals surface area contributed by atoms with Crippen LogP contribution in [-0.4, -0.2) is 41.4 Å². The Morgan fingerprint density at radius 2 is 1.83 bits per heavy atom. The molecule has 0 fully saturated rings. The van der Waals surface area contributed by atoms with E-state index in [4.69, 9.17) is 16.2 Å². The zero-order valence-electron chi connectivity index (χ0n) is 18.2. The number of nitrogens with zero attached hydrogens (tertiary/aromatic N) is 2. The first-order valence-corrected chi connectivity index (χ1v) is 10.5. The van der Waals surface area contributed by atoms with Crippen molar-refractivity contribution < 1.29 is 27.5 Å². The van der Waals surface area contributed by atoms with E-state index >= 15 is 0 Å². The number of primary amides is 1. The Balaban J connectivity index is 1.70. The molecule has 0 saturated heterocycles. The van der Waals surface area contributed by atoms with Crippen molar-refractivity contribution >= 4 is 23.6 Å². The van der Waals surface area contributed by atoms with Gasteiger partial charge in [0.05, 0.1) is 11.6 Å². The molecule has 4 rings (SSSR count). The number of benzene rings is 2. The number of nitrogens with one attached hydrogen (secondary N) is 1. The van der Waals surface area contributed by atoms with Gasteiger partial charge in [-0.15, -0.1) is 0 Å². The van der Waals surface area contributed by atoms with Gasteiger partial charge < -0.3 is 26.3 Å². The second-order valence-electron chi connectivity index (χ2n) is 7.66. The molecule has 0 spiro atoms. The summed E-state index contributed by atoms with van der Waals surface area (Å²) in [5.41, 5.74) is 12.6. The second-order valence-corrected chi connectivity index (χ2v) is 7.66. The molecule has 1 amide bonds. The summed E-state index contributed by atoms with van der Waals surface area (Å²) >= 11 is 0. The number of rotatable bonds is 7. The van der Waals surface area contributed by atoms with Gasteiger partial charge in [-0.05, 0) is 41.5 Å². The fourth-order valence-corrected chi connectivity index (χ4v) is 3.56. The van der Waals surface area contributed by atoms with Crippen LogP contribution in [0, 0.1) is 0 Å². The summed E-state index contributed by atoms with van der Waals surface area (Å²) in [6, 6.07) is 10.6. The van der Waals surface area contributed by atoms with Gasteiger partial charge >= 0.3 is 6.18 Å². The Kier molecular flexibility index (Phi) is 6.52. The summed E-state index contributed by atoms with van der Waals surface area (Å²) in [7, 11) is 0. The average molecular weight is 483 g/mol. The monoisotopic (exact) mass is 483 g/mol. The lowest BCUT2D eigenvalue weighted by molar-refractivity contribution is -0.137. The maximum absolute atomic E-state index is 12.9. The Hall–Kier alpha value is -4.25. The molecule has 11 heteroatoms. The molecule has 0 saturated carbocycles. The summed E-state index contributed by atoms with van der Waals surface area (Å²) in [6.07, 6.45) is -2.02. The third kappa shape index (κ3) is 5.14. The van der Waals surface area contributed by atoms with Crippen LogP contribution >= 0.6 is 0 Å². The topological polar surface area (TPSA) is 133 Å². The molecule has 1 atom stereocenters. The van der Waals surface area contributed by atoms with Crippen LogP contribution in [0.1, 0.15) is 27.2 Å². The second kappa shape index (κ2) is 9.55. The summed E-state index contributed by atoms with van der Waals surface area (Å²) in [4.78, 5) is 31.5. The van der Waals surface area contributed by atoms with Crippen molar-refractivity contribution in [1.29, 1.82) is 0 Å². The lowest BCUT2D eigenvalue weighted by Crippen LogP contribution is -2.30. The molecule has 5 N–H and O–H groups in total. The molecule has 3 aromatic rings. The Labute approximate surface area is 197 Å². The van der Waals surface area contributed by atoms with E-state index < -0.39 is 23.7 Å². The van der Waals surface area contributed by atoms with Crippen LogP contribution in [0.3, 0.4) is 0 Å². The van der Waals surface area contributed by atoms with Gasteiger partial charge in [0, 0.05) is 23.7 Å². The molecule has 1 aliphatic heterocycles. The number of hydrogen-bond acceptors (Lipinski definition) is 7. The average Bonchev–Trinajstić information content (AvgIpc) is 2.86. The minimum Gasteiger partial charge on any atom is -0.489 e. The molecule has 8 nitrogen and oxygen atoms in total. The fourth-order valence-electron chi connectivity index (χ4n) is 3.56. The molecular formula is C24H20F3N5O3. The molecule has 0 unspecified atom stereocenters. The predicted molar refractivity (Wildman–Crippen MR) is 123 cm³/mol. The number of amides is 1. The van der Waals surface area contributed by atoms with Crippen LogP contribution in [0.15, 0.2) is 54.6 Å². The summed E-state index contributed by atoms with van der Waals surface area (Å²) in [5, 5.41) is 2.82. The zero-order valence-corrected chi connectivity index (χ0v) is 18.2.